The van der Waals surface area contributed by atoms with Crippen LogP contribution in [0.4, 0.5) is 0 Å². The molecular weight excluding hydrogens is 206 g/mol. The number of ether oxygens (including phenoxy) is 1. The molecule has 1 heterocycles. The molecule has 0 bridgehead atoms. The van der Waals surface area contributed by atoms with E-state index in [1.807, 2.05) is 0 Å². The number of rotatable bonds is 3. The summed E-state index contributed by atoms with van der Waals surface area (Å²) in [6, 6.07) is 6.69. The van der Waals surface area contributed by atoms with Gasteiger partial charge in [-0.15, -0.1) is 0 Å². The summed E-state index contributed by atoms with van der Waals surface area (Å²) >= 11 is 0. The fourth-order valence-corrected chi connectivity index (χ4v) is 1.96. The zero-order valence-corrected chi connectivity index (χ0v) is 8.93. The highest BCUT2D eigenvalue weighted by molar-refractivity contribution is 5.87. The second-order valence-corrected chi connectivity index (χ2v) is 4.08. The van der Waals surface area contributed by atoms with Crippen LogP contribution in [-0.4, -0.2) is 24.3 Å². The van der Waals surface area contributed by atoms with Crippen molar-refractivity contribution in [3.63, 3.8) is 0 Å². The average Bonchev–Trinajstić information content (AvgIpc) is 2.81. The molecule has 2 unspecified atom stereocenters. The Balaban J connectivity index is 2.11. The number of hydrogen-bond donors (Lipinski definition) is 2. The maximum absolute atomic E-state index is 10.7. The molecular formula is C12H15NO3. The lowest BCUT2D eigenvalue weighted by molar-refractivity contribution is 0.0697. The quantitative estimate of drug-likeness (QED) is 0.809. The fourth-order valence-electron chi connectivity index (χ4n) is 1.96. The minimum atomic E-state index is -0.913. The van der Waals surface area contributed by atoms with E-state index in [0.29, 0.717) is 18.1 Å². The van der Waals surface area contributed by atoms with E-state index >= 15 is 0 Å². The summed E-state index contributed by atoms with van der Waals surface area (Å²) < 4.78 is 5.29. The third-order valence-corrected chi connectivity index (χ3v) is 3.02. The van der Waals surface area contributed by atoms with Crippen LogP contribution in [0.5, 0.6) is 0 Å². The van der Waals surface area contributed by atoms with Crippen molar-refractivity contribution in [1.29, 1.82) is 0 Å². The van der Waals surface area contributed by atoms with Gasteiger partial charge in [-0.3, -0.25) is 0 Å². The van der Waals surface area contributed by atoms with E-state index in [2.05, 4.69) is 0 Å². The number of carboxylic acid groups (broad SMARTS) is 1. The summed E-state index contributed by atoms with van der Waals surface area (Å²) in [7, 11) is 0. The molecule has 1 aromatic rings. The maximum Gasteiger partial charge on any atom is 0.335 e. The van der Waals surface area contributed by atoms with Crippen molar-refractivity contribution in [3.05, 3.63) is 35.4 Å². The van der Waals surface area contributed by atoms with E-state index in [1.165, 1.54) is 0 Å². The van der Waals surface area contributed by atoms with Gasteiger partial charge in [-0.25, -0.2) is 4.79 Å². The van der Waals surface area contributed by atoms with Crippen LogP contribution in [0.2, 0.25) is 0 Å². The monoisotopic (exact) mass is 221 g/mol. The van der Waals surface area contributed by atoms with Crippen LogP contribution in [-0.2, 0) is 4.74 Å². The first-order valence-electron chi connectivity index (χ1n) is 5.35. The van der Waals surface area contributed by atoms with Gasteiger partial charge in [0.15, 0.2) is 0 Å². The Hall–Kier alpha value is -1.39. The molecule has 2 atom stereocenters. The molecule has 16 heavy (non-hydrogen) atoms. The summed E-state index contributed by atoms with van der Waals surface area (Å²) in [6.07, 6.45) is 0.974. The highest BCUT2D eigenvalue weighted by atomic mass is 16.5. The average molecular weight is 221 g/mol. The molecule has 2 rings (SSSR count). The van der Waals surface area contributed by atoms with Gasteiger partial charge in [0.05, 0.1) is 12.2 Å². The molecule has 0 spiro atoms. The first-order valence-corrected chi connectivity index (χ1v) is 5.35. The molecule has 1 saturated heterocycles. The number of carboxylic acids is 1. The largest absolute Gasteiger partial charge is 0.478 e. The molecule has 86 valence electrons. The third kappa shape index (κ3) is 2.23. The standard InChI is InChI=1S/C12H15NO3/c13-11(10-5-6-16-7-10)8-1-3-9(4-2-8)12(14)15/h1-4,10-11H,5-7,13H2,(H,14,15). The van der Waals surface area contributed by atoms with Crippen molar-refractivity contribution in [3.8, 4) is 0 Å². The minimum Gasteiger partial charge on any atom is -0.478 e. The number of carbonyl (C=O) groups is 1. The Bertz CT molecular complexity index is 368. The maximum atomic E-state index is 10.7. The Morgan fingerprint density at radius 3 is 2.62 bits per heavy atom. The highest BCUT2D eigenvalue weighted by Gasteiger charge is 2.23. The van der Waals surface area contributed by atoms with Crippen LogP contribution >= 0.6 is 0 Å². The van der Waals surface area contributed by atoms with Crippen molar-refractivity contribution in [2.24, 2.45) is 11.7 Å². The smallest absolute Gasteiger partial charge is 0.335 e. The SMILES string of the molecule is NC(c1ccc(C(=O)O)cc1)C1CCOC1. The Morgan fingerprint density at radius 1 is 1.44 bits per heavy atom. The van der Waals surface area contributed by atoms with Gasteiger partial charge >= 0.3 is 5.97 Å². The van der Waals surface area contributed by atoms with Crippen molar-refractivity contribution >= 4 is 5.97 Å². The van der Waals surface area contributed by atoms with E-state index in [1.54, 1.807) is 24.3 Å². The van der Waals surface area contributed by atoms with E-state index < -0.39 is 5.97 Å². The van der Waals surface area contributed by atoms with Gasteiger partial charge in [-0.05, 0) is 24.1 Å². The van der Waals surface area contributed by atoms with E-state index in [-0.39, 0.29) is 6.04 Å². The molecule has 1 aromatic carbocycles. The lowest BCUT2D eigenvalue weighted by atomic mass is 9.93. The fraction of sp³-hybridized carbons (Fsp3) is 0.417. The number of hydrogen-bond acceptors (Lipinski definition) is 3. The topological polar surface area (TPSA) is 72.6 Å². The first-order chi connectivity index (χ1) is 7.68. The second-order valence-electron chi connectivity index (χ2n) is 4.08. The van der Waals surface area contributed by atoms with Gasteiger partial charge < -0.3 is 15.6 Å². The molecule has 4 nitrogen and oxygen atoms in total. The molecule has 1 aliphatic heterocycles. The Morgan fingerprint density at radius 2 is 2.12 bits per heavy atom. The Kier molecular flexibility index (Phi) is 3.22. The van der Waals surface area contributed by atoms with Crippen LogP contribution in [0, 0.1) is 5.92 Å². The zero-order valence-electron chi connectivity index (χ0n) is 8.93. The van der Waals surface area contributed by atoms with E-state index in [9.17, 15) is 4.79 Å². The highest BCUT2D eigenvalue weighted by Crippen LogP contribution is 2.26. The summed E-state index contributed by atoms with van der Waals surface area (Å²) in [6.45, 7) is 1.47. The predicted octanol–water partition coefficient (Wildman–Crippen LogP) is 1.42. The molecule has 4 heteroatoms. The molecule has 0 radical (unpaired) electrons. The van der Waals surface area contributed by atoms with Gasteiger partial charge in [0, 0.05) is 18.6 Å². The van der Waals surface area contributed by atoms with Crippen LogP contribution in [0.1, 0.15) is 28.4 Å². The zero-order chi connectivity index (χ0) is 11.5. The third-order valence-electron chi connectivity index (χ3n) is 3.02. The summed E-state index contributed by atoms with van der Waals surface area (Å²) in [5.41, 5.74) is 7.36. The van der Waals surface area contributed by atoms with Crippen LogP contribution in [0.25, 0.3) is 0 Å². The van der Waals surface area contributed by atoms with Crippen LogP contribution < -0.4 is 5.73 Å². The van der Waals surface area contributed by atoms with Gasteiger partial charge in [0.2, 0.25) is 0 Å². The summed E-state index contributed by atoms with van der Waals surface area (Å²) in [4.78, 5) is 10.7. The number of aromatic carboxylic acids is 1. The normalized spacial score (nSPS) is 21.9. The lowest BCUT2D eigenvalue weighted by Gasteiger charge is -2.17. The summed E-state index contributed by atoms with van der Waals surface area (Å²) in [5, 5.41) is 8.77. The van der Waals surface area contributed by atoms with Crippen molar-refractivity contribution in [2.75, 3.05) is 13.2 Å². The van der Waals surface area contributed by atoms with Crippen LogP contribution in [0.3, 0.4) is 0 Å². The second kappa shape index (κ2) is 4.63. The minimum absolute atomic E-state index is 0.0645. The van der Waals surface area contributed by atoms with Crippen molar-refractivity contribution in [1.82, 2.24) is 0 Å². The first kappa shape index (κ1) is 11.1. The Labute approximate surface area is 94.0 Å². The number of nitrogens with two attached hydrogens (primary N) is 1. The molecule has 0 amide bonds. The molecule has 1 aliphatic rings. The number of benzene rings is 1. The van der Waals surface area contributed by atoms with Gasteiger partial charge in [0.1, 0.15) is 0 Å². The van der Waals surface area contributed by atoms with Crippen molar-refractivity contribution in [2.45, 2.75) is 12.5 Å². The lowest BCUT2D eigenvalue weighted by Crippen LogP contribution is -2.21. The van der Waals surface area contributed by atoms with Gasteiger partial charge in [-0.1, -0.05) is 12.1 Å². The molecule has 0 aliphatic carbocycles. The molecule has 0 saturated carbocycles. The van der Waals surface area contributed by atoms with E-state index in [0.717, 1.165) is 18.6 Å². The summed E-state index contributed by atoms with van der Waals surface area (Å²) in [5.74, 6) is -0.569. The molecule has 1 fully saturated rings. The van der Waals surface area contributed by atoms with Gasteiger partial charge in [-0.2, -0.15) is 0 Å². The van der Waals surface area contributed by atoms with E-state index in [4.69, 9.17) is 15.6 Å². The molecule has 3 N–H and O–H groups in total. The van der Waals surface area contributed by atoms with Crippen LogP contribution in [0.15, 0.2) is 24.3 Å². The molecule has 0 aromatic heterocycles. The van der Waals surface area contributed by atoms with Gasteiger partial charge in [0.25, 0.3) is 0 Å². The van der Waals surface area contributed by atoms with Crippen molar-refractivity contribution < 1.29 is 14.6 Å². The predicted molar refractivity (Wildman–Crippen MR) is 59.3 cm³/mol.